The van der Waals surface area contributed by atoms with Crippen LogP contribution >= 0.6 is 38.9 Å². The van der Waals surface area contributed by atoms with E-state index < -0.39 is 0 Å². The molecule has 0 atom stereocenters. The molecule has 0 spiro atoms. The van der Waals surface area contributed by atoms with Gasteiger partial charge in [0.05, 0.1) is 10.2 Å². The summed E-state index contributed by atoms with van der Waals surface area (Å²) in [5, 5.41) is 4.55. The topological polar surface area (TPSA) is 37.8 Å². The molecule has 2 aromatic carbocycles. The largest absolute Gasteiger partial charge is 0.316 e. The fourth-order valence-electron chi connectivity index (χ4n) is 2.61. The number of nitrogens with zero attached hydrogens (tertiary/aromatic N) is 2. The van der Waals surface area contributed by atoms with Crippen molar-refractivity contribution in [2.24, 2.45) is 0 Å². The number of halogens is 2. The van der Waals surface area contributed by atoms with E-state index in [4.69, 9.17) is 11.6 Å². The number of nitrogens with one attached hydrogen (secondary N) is 1. The highest BCUT2D eigenvalue weighted by Gasteiger charge is 2.08. The van der Waals surface area contributed by atoms with Gasteiger partial charge in [0.15, 0.2) is 5.13 Å². The van der Waals surface area contributed by atoms with Crippen LogP contribution in [0, 0.1) is 0 Å². The minimum Gasteiger partial charge on any atom is -0.316 e. The van der Waals surface area contributed by atoms with Crippen LogP contribution in [-0.4, -0.2) is 9.97 Å². The van der Waals surface area contributed by atoms with Gasteiger partial charge < -0.3 is 5.32 Å². The molecule has 0 amide bonds. The molecule has 0 saturated heterocycles. The summed E-state index contributed by atoms with van der Waals surface area (Å²) in [4.78, 5) is 8.97. The molecule has 1 N–H and O–H groups in total. The quantitative estimate of drug-likeness (QED) is 0.378. The predicted octanol–water partition coefficient (Wildman–Crippen LogP) is 6.44. The van der Waals surface area contributed by atoms with Gasteiger partial charge in [-0.2, -0.15) is 0 Å². The highest BCUT2D eigenvalue weighted by Crippen LogP contribution is 2.30. The SMILES string of the molecule is Clc1cc(Cc2ccccc2)cc(Nc2nc3ccc(Br)cc3s2)n1. The first-order chi connectivity index (χ1) is 12.2. The minimum atomic E-state index is 0.472. The molecule has 0 saturated carbocycles. The molecule has 2 aromatic heterocycles. The lowest BCUT2D eigenvalue weighted by molar-refractivity contribution is 1.16. The number of benzene rings is 2. The van der Waals surface area contributed by atoms with E-state index in [9.17, 15) is 0 Å². The molecule has 0 unspecified atom stereocenters. The molecule has 3 nitrogen and oxygen atoms in total. The van der Waals surface area contributed by atoms with Gasteiger partial charge in [-0.1, -0.05) is 69.2 Å². The lowest BCUT2D eigenvalue weighted by Gasteiger charge is -2.07. The van der Waals surface area contributed by atoms with Crippen LogP contribution in [0.3, 0.4) is 0 Å². The normalized spacial score (nSPS) is 11.0. The highest BCUT2D eigenvalue weighted by molar-refractivity contribution is 9.10. The van der Waals surface area contributed by atoms with E-state index in [0.29, 0.717) is 11.0 Å². The number of hydrogen-bond acceptors (Lipinski definition) is 4. The molecule has 0 fully saturated rings. The summed E-state index contributed by atoms with van der Waals surface area (Å²) >= 11 is 11.3. The average molecular weight is 431 g/mol. The van der Waals surface area contributed by atoms with Crippen molar-refractivity contribution in [2.45, 2.75) is 6.42 Å². The summed E-state index contributed by atoms with van der Waals surface area (Å²) in [6.45, 7) is 0. The highest BCUT2D eigenvalue weighted by atomic mass is 79.9. The van der Waals surface area contributed by atoms with Crippen LogP contribution < -0.4 is 5.32 Å². The van der Waals surface area contributed by atoms with Gasteiger partial charge in [0.2, 0.25) is 0 Å². The zero-order valence-electron chi connectivity index (χ0n) is 13.0. The van der Waals surface area contributed by atoms with E-state index in [1.54, 1.807) is 11.3 Å². The Labute approximate surface area is 162 Å². The van der Waals surface area contributed by atoms with Crippen molar-refractivity contribution in [3.05, 3.63) is 81.4 Å². The first-order valence-corrected chi connectivity index (χ1v) is 9.68. The summed E-state index contributed by atoms with van der Waals surface area (Å²) in [6, 6.07) is 20.3. The standard InChI is InChI=1S/C19H13BrClN3S/c20-14-6-7-15-16(11-14)25-19(22-15)24-18-10-13(9-17(21)23-18)8-12-4-2-1-3-5-12/h1-7,9-11H,8H2,(H,22,23,24). The Balaban J connectivity index is 1.61. The third-order valence-electron chi connectivity index (χ3n) is 3.69. The van der Waals surface area contributed by atoms with E-state index in [-0.39, 0.29) is 0 Å². The van der Waals surface area contributed by atoms with Gasteiger partial charge in [0, 0.05) is 4.47 Å². The fourth-order valence-corrected chi connectivity index (χ4v) is 4.26. The molecular weight excluding hydrogens is 418 g/mol. The first kappa shape index (κ1) is 16.5. The Morgan fingerprint density at radius 2 is 1.80 bits per heavy atom. The zero-order chi connectivity index (χ0) is 17.2. The Bertz CT molecular complexity index is 1030. The van der Waals surface area contributed by atoms with Gasteiger partial charge in [-0.25, -0.2) is 9.97 Å². The molecule has 2 heterocycles. The van der Waals surface area contributed by atoms with Gasteiger partial charge in [-0.05, 0) is 47.9 Å². The fraction of sp³-hybridized carbons (Fsp3) is 0.0526. The second-order valence-corrected chi connectivity index (χ2v) is 7.94. The minimum absolute atomic E-state index is 0.472. The maximum Gasteiger partial charge on any atom is 0.189 e. The Hall–Kier alpha value is -1.95. The number of fused-ring (bicyclic) bond motifs is 1. The van der Waals surface area contributed by atoms with Gasteiger partial charge in [0.25, 0.3) is 0 Å². The summed E-state index contributed by atoms with van der Waals surface area (Å²) in [7, 11) is 0. The molecule has 4 aromatic rings. The van der Waals surface area contributed by atoms with Crippen LogP contribution in [0.2, 0.25) is 5.15 Å². The number of thiazole rings is 1. The third kappa shape index (κ3) is 4.00. The zero-order valence-corrected chi connectivity index (χ0v) is 16.2. The van der Waals surface area contributed by atoms with Gasteiger partial charge in [0.1, 0.15) is 11.0 Å². The summed E-state index contributed by atoms with van der Waals surface area (Å²) in [6.07, 6.45) is 0.810. The van der Waals surface area contributed by atoms with Gasteiger partial charge in [-0.3, -0.25) is 0 Å². The van der Waals surface area contributed by atoms with Crippen LogP contribution in [0.4, 0.5) is 10.9 Å². The molecule has 0 bridgehead atoms. The van der Waals surface area contributed by atoms with Gasteiger partial charge in [-0.15, -0.1) is 0 Å². The second kappa shape index (κ2) is 7.12. The van der Waals surface area contributed by atoms with Crippen LogP contribution in [0.25, 0.3) is 10.2 Å². The van der Waals surface area contributed by atoms with Crippen LogP contribution in [0.5, 0.6) is 0 Å². The lowest BCUT2D eigenvalue weighted by atomic mass is 10.1. The maximum absolute atomic E-state index is 6.21. The van der Waals surface area contributed by atoms with Crippen molar-refractivity contribution in [1.29, 1.82) is 0 Å². The molecule has 0 radical (unpaired) electrons. The lowest BCUT2D eigenvalue weighted by Crippen LogP contribution is -1.96. The molecular formula is C19H13BrClN3S. The van der Waals surface area contributed by atoms with Crippen LogP contribution in [0.1, 0.15) is 11.1 Å². The smallest absolute Gasteiger partial charge is 0.189 e. The molecule has 0 aliphatic heterocycles. The van der Waals surface area contributed by atoms with E-state index in [2.05, 4.69) is 49.4 Å². The second-order valence-electron chi connectivity index (χ2n) is 5.60. The molecule has 0 aliphatic carbocycles. The maximum atomic E-state index is 6.21. The molecule has 0 aliphatic rings. The van der Waals surface area contributed by atoms with Gasteiger partial charge >= 0.3 is 0 Å². The summed E-state index contributed by atoms with van der Waals surface area (Å²) in [5.41, 5.74) is 3.31. The third-order valence-corrected chi connectivity index (χ3v) is 5.31. The van der Waals surface area contributed by atoms with E-state index in [0.717, 1.165) is 31.8 Å². The van der Waals surface area contributed by atoms with E-state index in [1.165, 1.54) is 5.56 Å². The van der Waals surface area contributed by atoms with Crippen LogP contribution in [0.15, 0.2) is 65.1 Å². The van der Waals surface area contributed by atoms with E-state index >= 15 is 0 Å². The molecule has 124 valence electrons. The van der Waals surface area contributed by atoms with Crippen molar-refractivity contribution in [3.63, 3.8) is 0 Å². The number of rotatable bonds is 4. The van der Waals surface area contributed by atoms with Crippen molar-refractivity contribution in [2.75, 3.05) is 5.32 Å². The number of aromatic nitrogens is 2. The molecule has 4 rings (SSSR count). The number of pyridine rings is 1. The Morgan fingerprint density at radius 1 is 0.960 bits per heavy atom. The Morgan fingerprint density at radius 3 is 2.64 bits per heavy atom. The number of hydrogen-bond donors (Lipinski definition) is 1. The molecule has 6 heteroatoms. The molecule has 25 heavy (non-hydrogen) atoms. The number of anilines is 2. The van der Waals surface area contributed by atoms with Crippen molar-refractivity contribution in [3.8, 4) is 0 Å². The monoisotopic (exact) mass is 429 g/mol. The average Bonchev–Trinajstić information content (AvgIpc) is 2.96. The van der Waals surface area contributed by atoms with Crippen molar-refractivity contribution < 1.29 is 0 Å². The van der Waals surface area contributed by atoms with E-state index in [1.807, 2.05) is 42.5 Å². The predicted molar refractivity (Wildman–Crippen MR) is 109 cm³/mol. The van der Waals surface area contributed by atoms with Crippen molar-refractivity contribution >= 4 is 60.0 Å². The summed E-state index contributed by atoms with van der Waals surface area (Å²) in [5.74, 6) is 0.705. The first-order valence-electron chi connectivity index (χ1n) is 7.69. The van der Waals surface area contributed by atoms with Crippen molar-refractivity contribution in [1.82, 2.24) is 9.97 Å². The summed E-state index contributed by atoms with van der Waals surface area (Å²) < 4.78 is 2.16. The van der Waals surface area contributed by atoms with Crippen LogP contribution in [-0.2, 0) is 6.42 Å². The Kier molecular flexibility index (Phi) is 4.70.